The summed E-state index contributed by atoms with van der Waals surface area (Å²) in [5, 5.41) is 3.09. The number of hydrogen-bond acceptors (Lipinski definition) is 4. The Bertz CT molecular complexity index is 924. The summed E-state index contributed by atoms with van der Waals surface area (Å²) in [5.74, 6) is 0.932. The van der Waals surface area contributed by atoms with E-state index in [1.54, 1.807) is 6.20 Å². The molecule has 1 aromatic carbocycles. The summed E-state index contributed by atoms with van der Waals surface area (Å²) in [6.07, 6.45) is 11.0. The predicted octanol–water partition coefficient (Wildman–Crippen LogP) is 4.04. The van der Waals surface area contributed by atoms with Gasteiger partial charge in [0, 0.05) is 62.3 Å². The molecule has 6 heteroatoms. The molecule has 0 spiro atoms. The molecule has 0 radical (unpaired) electrons. The topological polar surface area (TPSA) is 53.4 Å². The van der Waals surface area contributed by atoms with Crippen LogP contribution < -0.4 is 10.2 Å². The Morgan fingerprint density at radius 2 is 1.94 bits per heavy atom. The summed E-state index contributed by atoms with van der Waals surface area (Å²) in [6.45, 7) is 9.74. The highest BCUT2D eigenvalue weighted by atomic mass is 16.1. The first-order valence-electron chi connectivity index (χ1n) is 11.8. The molecule has 3 rings (SSSR count). The van der Waals surface area contributed by atoms with Crippen LogP contribution in [-0.4, -0.2) is 59.6 Å². The van der Waals surface area contributed by atoms with E-state index in [4.69, 9.17) is 0 Å². The molecular formula is C26H39N5O. The Labute approximate surface area is 193 Å². The van der Waals surface area contributed by atoms with E-state index >= 15 is 0 Å². The van der Waals surface area contributed by atoms with Gasteiger partial charge in [0.1, 0.15) is 5.82 Å². The highest BCUT2D eigenvalue weighted by Gasteiger charge is 2.28. The normalized spacial score (nSPS) is 18.6. The molecule has 0 aliphatic heterocycles. The minimum Gasteiger partial charge on any atom is -0.369 e. The van der Waals surface area contributed by atoms with E-state index in [-0.39, 0.29) is 5.91 Å². The minimum atomic E-state index is -0.0333. The lowest BCUT2D eigenvalue weighted by Gasteiger charge is -2.40. The SMILES string of the molecule is C=Cc1cc(C(=O)NCCc2nccn2C)c(C)c(N(CC)C2CCC(N(C)C)CC2)c1. The van der Waals surface area contributed by atoms with Crippen LogP contribution in [0.2, 0.25) is 0 Å². The van der Waals surface area contributed by atoms with Crippen molar-refractivity contribution in [2.45, 2.75) is 58.0 Å². The summed E-state index contributed by atoms with van der Waals surface area (Å²) in [7, 11) is 6.33. The zero-order valence-corrected chi connectivity index (χ0v) is 20.4. The van der Waals surface area contributed by atoms with Gasteiger partial charge in [0.25, 0.3) is 5.91 Å². The van der Waals surface area contributed by atoms with Gasteiger partial charge in [-0.1, -0.05) is 12.7 Å². The average Bonchev–Trinajstić information content (AvgIpc) is 3.20. The maximum Gasteiger partial charge on any atom is 0.251 e. The number of hydrogen-bond donors (Lipinski definition) is 1. The zero-order valence-electron chi connectivity index (χ0n) is 20.4. The molecule has 1 aromatic heterocycles. The number of nitrogens with one attached hydrogen (secondary N) is 1. The number of amides is 1. The number of imidazole rings is 1. The van der Waals surface area contributed by atoms with Gasteiger partial charge in [-0.25, -0.2) is 4.98 Å². The lowest BCUT2D eigenvalue weighted by Crippen LogP contribution is -2.42. The van der Waals surface area contributed by atoms with Crippen LogP contribution in [0, 0.1) is 6.92 Å². The molecule has 1 N–H and O–H groups in total. The molecule has 0 unspecified atom stereocenters. The Hall–Kier alpha value is -2.60. The van der Waals surface area contributed by atoms with E-state index in [9.17, 15) is 4.79 Å². The maximum atomic E-state index is 13.1. The van der Waals surface area contributed by atoms with Gasteiger partial charge in [-0.2, -0.15) is 0 Å². The third-order valence-electron chi connectivity index (χ3n) is 6.93. The van der Waals surface area contributed by atoms with Crippen molar-refractivity contribution in [1.29, 1.82) is 0 Å². The first-order chi connectivity index (χ1) is 15.3. The van der Waals surface area contributed by atoms with Gasteiger partial charge in [0.2, 0.25) is 0 Å². The molecule has 0 atom stereocenters. The van der Waals surface area contributed by atoms with Gasteiger partial charge in [-0.3, -0.25) is 4.79 Å². The van der Waals surface area contributed by atoms with Crippen LogP contribution in [0.15, 0.2) is 31.1 Å². The standard InChI is InChI=1S/C26H39N5O/c1-7-20-17-23(26(32)28-14-13-25-27-15-16-30(25)6)19(3)24(18-20)31(8-2)22-11-9-21(10-12-22)29(4)5/h7,15-18,21-22H,1,8-14H2,2-6H3,(H,28,32). The van der Waals surface area contributed by atoms with Crippen LogP contribution >= 0.6 is 0 Å². The molecule has 1 amide bonds. The van der Waals surface area contributed by atoms with Gasteiger partial charge >= 0.3 is 0 Å². The first kappa shape index (κ1) is 24.1. The third kappa shape index (κ3) is 5.41. The van der Waals surface area contributed by atoms with Crippen LogP contribution in [0.1, 0.15) is 59.9 Å². The van der Waals surface area contributed by atoms with Crippen molar-refractivity contribution in [3.63, 3.8) is 0 Å². The number of anilines is 1. The predicted molar refractivity (Wildman–Crippen MR) is 133 cm³/mol. The van der Waals surface area contributed by atoms with Crippen molar-refractivity contribution in [1.82, 2.24) is 19.8 Å². The van der Waals surface area contributed by atoms with Gasteiger partial charge < -0.3 is 19.7 Å². The Morgan fingerprint density at radius 1 is 1.25 bits per heavy atom. The Kier molecular flexibility index (Phi) is 8.13. The van der Waals surface area contributed by atoms with Crippen molar-refractivity contribution in [3.05, 3.63) is 53.6 Å². The van der Waals surface area contributed by atoms with Crippen LogP contribution in [0.5, 0.6) is 0 Å². The number of aromatic nitrogens is 2. The van der Waals surface area contributed by atoms with Crippen molar-refractivity contribution >= 4 is 17.7 Å². The Morgan fingerprint density at radius 3 is 2.50 bits per heavy atom. The zero-order chi connectivity index (χ0) is 23.3. The number of nitrogens with zero attached hydrogens (tertiary/aromatic N) is 4. The lowest BCUT2D eigenvalue weighted by molar-refractivity contribution is 0.0953. The number of benzene rings is 1. The third-order valence-corrected chi connectivity index (χ3v) is 6.93. The van der Waals surface area contributed by atoms with E-state index in [0.29, 0.717) is 25.0 Å². The molecule has 0 bridgehead atoms. The number of aryl methyl sites for hydroxylation is 1. The lowest BCUT2D eigenvalue weighted by atomic mass is 9.88. The highest BCUT2D eigenvalue weighted by molar-refractivity contribution is 5.98. The van der Waals surface area contributed by atoms with E-state index in [2.05, 4.69) is 60.7 Å². The van der Waals surface area contributed by atoms with Gasteiger partial charge in [0.15, 0.2) is 0 Å². The molecule has 6 nitrogen and oxygen atoms in total. The fourth-order valence-electron chi connectivity index (χ4n) is 4.90. The van der Waals surface area contributed by atoms with E-state index < -0.39 is 0 Å². The molecule has 1 heterocycles. The molecular weight excluding hydrogens is 398 g/mol. The van der Waals surface area contributed by atoms with Crippen LogP contribution in [0.3, 0.4) is 0 Å². The smallest absolute Gasteiger partial charge is 0.251 e. The van der Waals surface area contributed by atoms with Crippen LogP contribution in [-0.2, 0) is 13.5 Å². The summed E-state index contributed by atoms with van der Waals surface area (Å²) in [6, 6.07) is 5.33. The molecule has 1 fully saturated rings. The fourth-order valence-corrected chi connectivity index (χ4v) is 4.90. The molecule has 2 aromatic rings. The quantitative estimate of drug-likeness (QED) is 0.643. The average molecular weight is 438 g/mol. The van der Waals surface area contributed by atoms with Crippen molar-refractivity contribution in [3.8, 4) is 0 Å². The first-order valence-corrected chi connectivity index (χ1v) is 11.8. The van der Waals surface area contributed by atoms with Crippen LogP contribution in [0.4, 0.5) is 5.69 Å². The second kappa shape index (κ2) is 10.8. The van der Waals surface area contributed by atoms with Gasteiger partial charge in [-0.05, 0) is 76.9 Å². The van der Waals surface area contributed by atoms with Crippen molar-refractivity contribution in [2.24, 2.45) is 7.05 Å². The summed E-state index contributed by atoms with van der Waals surface area (Å²) in [5.41, 5.74) is 3.92. The van der Waals surface area contributed by atoms with Gasteiger partial charge in [0.05, 0.1) is 0 Å². The monoisotopic (exact) mass is 437 g/mol. The second-order valence-corrected chi connectivity index (χ2v) is 9.09. The maximum absolute atomic E-state index is 13.1. The summed E-state index contributed by atoms with van der Waals surface area (Å²) >= 11 is 0. The van der Waals surface area contributed by atoms with Crippen molar-refractivity contribution < 1.29 is 4.79 Å². The van der Waals surface area contributed by atoms with E-state index in [0.717, 1.165) is 34.7 Å². The van der Waals surface area contributed by atoms with E-state index in [1.165, 1.54) is 25.7 Å². The summed E-state index contributed by atoms with van der Waals surface area (Å²) in [4.78, 5) is 22.3. The number of carbonyl (C=O) groups excluding carboxylic acids is 1. The summed E-state index contributed by atoms with van der Waals surface area (Å²) < 4.78 is 1.98. The molecule has 174 valence electrons. The molecule has 1 aliphatic carbocycles. The van der Waals surface area contributed by atoms with Crippen LogP contribution in [0.25, 0.3) is 6.08 Å². The molecule has 1 aliphatic rings. The largest absolute Gasteiger partial charge is 0.369 e. The van der Waals surface area contributed by atoms with Crippen molar-refractivity contribution in [2.75, 3.05) is 32.1 Å². The molecule has 32 heavy (non-hydrogen) atoms. The molecule has 0 saturated heterocycles. The minimum absolute atomic E-state index is 0.0333. The number of rotatable bonds is 9. The second-order valence-electron chi connectivity index (χ2n) is 9.09. The number of carbonyl (C=O) groups is 1. The Balaban J connectivity index is 1.77. The highest BCUT2D eigenvalue weighted by Crippen LogP contribution is 2.33. The van der Waals surface area contributed by atoms with E-state index in [1.807, 2.05) is 30.0 Å². The molecule has 1 saturated carbocycles. The fraction of sp³-hybridized carbons (Fsp3) is 0.538. The van der Waals surface area contributed by atoms with Gasteiger partial charge in [-0.15, -0.1) is 0 Å².